The molecule has 19 heavy (non-hydrogen) atoms. The van der Waals surface area contributed by atoms with E-state index in [2.05, 4.69) is 42.3 Å². The Bertz CT molecular complexity index is 339. The molecule has 0 fully saturated rings. The minimum atomic E-state index is 0.750. The summed E-state index contributed by atoms with van der Waals surface area (Å²) in [7, 11) is 0. The van der Waals surface area contributed by atoms with Gasteiger partial charge in [0.05, 0.1) is 6.54 Å². The highest BCUT2D eigenvalue weighted by atomic mass is 14.7. The molecule has 0 spiro atoms. The molecule has 0 radical (unpaired) electrons. The Morgan fingerprint density at radius 2 is 1.47 bits per heavy atom. The fourth-order valence-electron chi connectivity index (χ4n) is 1.12. The van der Waals surface area contributed by atoms with Gasteiger partial charge in [0, 0.05) is 6.21 Å². The summed E-state index contributed by atoms with van der Waals surface area (Å²) in [6, 6.07) is 0. The van der Waals surface area contributed by atoms with Crippen LogP contribution in [0.1, 0.15) is 41.0 Å². The Balaban J connectivity index is 0. The lowest BCUT2D eigenvalue weighted by molar-refractivity contribution is 1.23. The van der Waals surface area contributed by atoms with Gasteiger partial charge in [0.1, 0.15) is 0 Å². The molecule has 1 aliphatic heterocycles. The molecule has 0 aromatic heterocycles. The van der Waals surface area contributed by atoms with E-state index in [1.807, 2.05) is 58.2 Å². The first kappa shape index (κ1) is 19.7. The van der Waals surface area contributed by atoms with Gasteiger partial charge >= 0.3 is 0 Å². The molecule has 1 heteroatoms. The molecule has 0 aromatic carbocycles. The second-order valence-corrected chi connectivity index (χ2v) is 3.30. The van der Waals surface area contributed by atoms with Crippen molar-refractivity contribution in [1.82, 2.24) is 0 Å². The summed E-state index contributed by atoms with van der Waals surface area (Å²) in [4.78, 5) is 4.24. The summed E-state index contributed by atoms with van der Waals surface area (Å²) >= 11 is 0. The molecule has 106 valence electrons. The lowest BCUT2D eigenvalue weighted by Gasteiger charge is -1.90. The van der Waals surface area contributed by atoms with Gasteiger partial charge in [-0.2, -0.15) is 0 Å². The fourth-order valence-corrected chi connectivity index (χ4v) is 1.12. The maximum Gasteiger partial charge on any atom is 0.0575 e. The van der Waals surface area contributed by atoms with Gasteiger partial charge in [-0.1, -0.05) is 81.9 Å². The summed E-state index contributed by atoms with van der Waals surface area (Å²) < 4.78 is 0. The third-order valence-corrected chi connectivity index (χ3v) is 1.94. The van der Waals surface area contributed by atoms with E-state index in [1.165, 1.54) is 5.57 Å². The van der Waals surface area contributed by atoms with Crippen molar-refractivity contribution in [2.24, 2.45) is 4.99 Å². The second kappa shape index (κ2) is 18.7. The van der Waals surface area contributed by atoms with Crippen molar-refractivity contribution >= 4 is 6.21 Å². The first-order valence-electron chi connectivity index (χ1n) is 7.21. The molecule has 0 aromatic rings. The van der Waals surface area contributed by atoms with Crippen molar-refractivity contribution < 1.29 is 0 Å². The average molecular weight is 259 g/mol. The summed E-state index contributed by atoms with van der Waals surface area (Å²) in [5.74, 6) is 0. The summed E-state index contributed by atoms with van der Waals surface area (Å²) in [5.41, 5.74) is 1.26. The van der Waals surface area contributed by atoms with E-state index in [0.717, 1.165) is 13.0 Å². The number of rotatable bonds is 0. The molecule has 0 bridgehead atoms. The number of allylic oxidation sites excluding steroid dienone is 9. The van der Waals surface area contributed by atoms with Gasteiger partial charge in [0.2, 0.25) is 0 Å². The van der Waals surface area contributed by atoms with E-state index < -0.39 is 0 Å². The van der Waals surface area contributed by atoms with Crippen LogP contribution in [0.2, 0.25) is 0 Å². The zero-order valence-corrected chi connectivity index (χ0v) is 13.1. The van der Waals surface area contributed by atoms with E-state index in [4.69, 9.17) is 0 Å². The number of hydrogen-bond acceptors (Lipinski definition) is 1. The molecular formula is C18H29N. The van der Waals surface area contributed by atoms with E-state index in [1.54, 1.807) is 0 Å². The standard InChI is InChI=1S/C14H17N.2C2H6/c1-14-10-8-6-4-2-3-5-7-9-12-15-13-11-14;2*1-2/h2-5,7-12H,6,13H2,1H3;2*1-2H3/b4-2+,5-3-,9-7-,10-8-,14-11-,15-12?;;. The highest BCUT2D eigenvalue weighted by Gasteiger charge is 1.80. The average Bonchev–Trinajstić information content (AvgIpc) is 2.48. The maximum absolute atomic E-state index is 4.24. The zero-order chi connectivity index (χ0) is 14.8. The van der Waals surface area contributed by atoms with E-state index in [0.29, 0.717) is 0 Å². The number of aliphatic imine (C=N–C) groups is 1. The SMILES string of the molecule is CC.CC.CC1=C/CN=C\C=C/C=C\C=C\C/C=C\1. The van der Waals surface area contributed by atoms with Crippen LogP contribution in [0.25, 0.3) is 0 Å². The van der Waals surface area contributed by atoms with Crippen LogP contribution < -0.4 is 0 Å². The monoisotopic (exact) mass is 259 g/mol. The molecule has 0 N–H and O–H groups in total. The van der Waals surface area contributed by atoms with Gasteiger partial charge in [-0.3, -0.25) is 4.99 Å². The van der Waals surface area contributed by atoms with Gasteiger partial charge in [-0.05, 0) is 19.4 Å². The van der Waals surface area contributed by atoms with Crippen molar-refractivity contribution in [1.29, 1.82) is 0 Å². The summed E-state index contributed by atoms with van der Waals surface area (Å²) in [6.07, 6.45) is 21.3. The molecule has 1 heterocycles. The Hall–Kier alpha value is -1.63. The van der Waals surface area contributed by atoms with Crippen molar-refractivity contribution in [3.05, 3.63) is 60.3 Å². The number of nitrogens with zero attached hydrogens (tertiary/aromatic N) is 1. The zero-order valence-electron chi connectivity index (χ0n) is 13.1. The van der Waals surface area contributed by atoms with Gasteiger partial charge in [0.15, 0.2) is 0 Å². The van der Waals surface area contributed by atoms with E-state index in [9.17, 15) is 0 Å². The first-order valence-corrected chi connectivity index (χ1v) is 7.21. The summed E-state index contributed by atoms with van der Waals surface area (Å²) in [5, 5.41) is 0. The normalized spacial score (nSPS) is 23.9. The molecule has 0 saturated heterocycles. The molecule has 0 saturated carbocycles. The van der Waals surface area contributed by atoms with Crippen molar-refractivity contribution in [3.8, 4) is 0 Å². The molecule has 1 rings (SSSR count). The van der Waals surface area contributed by atoms with Crippen LogP contribution in [-0.2, 0) is 0 Å². The third-order valence-electron chi connectivity index (χ3n) is 1.94. The Morgan fingerprint density at radius 3 is 2.21 bits per heavy atom. The van der Waals surface area contributed by atoms with Crippen LogP contribution in [0.3, 0.4) is 0 Å². The van der Waals surface area contributed by atoms with Crippen LogP contribution in [0.5, 0.6) is 0 Å². The lowest BCUT2D eigenvalue weighted by Crippen LogP contribution is -1.77. The van der Waals surface area contributed by atoms with Crippen molar-refractivity contribution in [2.75, 3.05) is 6.54 Å². The van der Waals surface area contributed by atoms with Crippen LogP contribution in [-0.4, -0.2) is 12.8 Å². The third kappa shape index (κ3) is 16.4. The first-order chi connectivity index (χ1) is 9.39. The smallest absolute Gasteiger partial charge is 0.0575 e. The van der Waals surface area contributed by atoms with E-state index >= 15 is 0 Å². The largest absolute Gasteiger partial charge is 0.289 e. The van der Waals surface area contributed by atoms with Crippen molar-refractivity contribution in [3.63, 3.8) is 0 Å². The van der Waals surface area contributed by atoms with Gasteiger partial charge in [-0.15, -0.1) is 0 Å². The minimum absolute atomic E-state index is 0.750. The topological polar surface area (TPSA) is 12.4 Å². The quantitative estimate of drug-likeness (QED) is 0.530. The van der Waals surface area contributed by atoms with Crippen molar-refractivity contribution in [2.45, 2.75) is 41.0 Å². The molecule has 0 amide bonds. The molecule has 1 aliphatic rings. The number of hydrogen-bond donors (Lipinski definition) is 0. The molecule has 0 atom stereocenters. The summed E-state index contributed by atoms with van der Waals surface area (Å²) in [6.45, 7) is 10.8. The maximum atomic E-state index is 4.24. The highest BCUT2D eigenvalue weighted by Crippen LogP contribution is 1.97. The lowest BCUT2D eigenvalue weighted by atomic mass is 10.2. The molecule has 0 aliphatic carbocycles. The fraction of sp³-hybridized carbons (Fsp3) is 0.389. The Kier molecular flexibility index (Phi) is 19.4. The van der Waals surface area contributed by atoms with Gasteiger partial charge < -0.3 is 0 Å². The van der Waals surface area contributed by atoms with Crippen LogP contribution in [0.15, 0.2) is 65.2 Å². The molecular weight excluding hydrogens is 230 g/mol. The van der Waals surface area contributed by atoms with Crippen LogP contribution >= 0.6 is 0 Å². The molecule has 1 nitrogen and oxygen atoms in total. The van der Waals surface area contributed by atoms with Gasteiger partial charge in [-0.25, -0.2) is 0 Å². The van der Waals surface area contributed by atoms with Crippen LogP contribution in [0.4, 0.5) is 0 Å². The van der Waals surface area contributed by atoms with Crippen LogP contribution in [0, 0.1) is 0 Å². The Labute approximate surface area is 119 Å². The second-order valence-electron chi connectivity index (χ2n) is 3.30. The predicted molar refractivity (Wildman–Crippen MR) is 91.0 cm³/mol. The highest BCUT2D eigenvalue weighted by molar-refractivity contribution is 5.71. The minimum Gasteiger partial charge on any atom is -0.289 e. The Morgan fingerprint density at radius 1 is 0.842 bits per heavy atom. The van der Waals surface area contributed by atoms with E-state index in [-0.39, 0.29) is 0 Å². The van der Waals surface area contributed by atoms with Gasteiger partial charge in [0.25, 0.3) is 0 Å². The predicted octanol–water partition coefficient (Wildman–Crippen LogP) is 5.68. The molecule has 0 unspecified atom stereocenters.